The number of piperidine rings is 1. The normalized spacial score (nSPS) is 22.7. The number of likely N-dealkylation sites (tertiary alicyclic amines) is 1. The summed E-state index contributed by atoms with van der Waals surface area (Å²) in [5, 5.41) is 0. The van der Waals surface area contributed by atoms with E-state index in [1.807, 2.05) is 29.2 Å². The molecule has 1 aromatic rings. The van der Waals surface area contributed by atoms with Crippen LogP contribution in [0.15, 0.2) is 24.3 Å². The molecule has 122 valence electrons. The Morgan fingerprint density at radius 1 is 1.32 bits per heavy atom. The maximum Gasteiger partial charge on any atom is 0.254 e. The van der Waals surface area contributed by atoms with Crippen molar-refractivity contribution in [2.75, 3.05) is 20.2 Å². The smallest absolute Gasteiger partial charge is 0.254 e. The predicted molar refractivity (Wildman–Crippen MR) is 89.1 cm³/mol. The number of nitrogens with two attached hydrogens (primary N) is 1. The van der Waals surface area contributed by atoms with Crippen molar-refractivity contribution in [3.8, 4) is 0 Å². The highest BCUT2D eigenvalue weighted by Gasteiger charge is 2.31. The molecule has 0 radical (unpaired) electrons. The first-order valence-corrected chi connectivity index (χ1v) is 8.01. The summed E-state index contributed by atoms with van der Waals surface area (Å²) < 4.78 is 5.42. The molecule has 1 aliphatic heterocycles. The van der Waals surface area contributed by atoms with Crippen LogP contribution in [0.25, 0.3) is 0 Å². The van der Waals surface area contributed by atoms with Crippen molar-refractivity contribution in [2.45, 2.75) is 51.2 Å². The second kappa shape index (κ2) is 6.80. The van der Waals surface area contributed by atoms with Gasteiger partial charge in [-0.3, -0.25) is 4.79 Å². The summed E-state index contributed by atoms with van der Waals surface area (Å²) in [4.78, 5) is 14.7. The first-order chi connectivity index (χ1) is 10.4. The fourth-order valence-corrected chi connectivity index (χ4v) is 3.00. The van der Waals surface area contributed by atoms with Crippen LogP contribution in [-0.4, -0.2) is 43.2 Å². The number of rotatable bonds is 3. The molecule has 1 amide bonds. The lowest BCUT2D eigenvalue weighted by Crippen LogP contribution is -2.51. The van der Waals surface area contributed by atoms with Gasteiger partial charge in [-0.25, -0.2) is 0 Å². The maximum atomic E-state index is 12.8. The minimum absolute atomic E-state index is 0.0634. The van der Waals surface area contributed by atoms with Crippen LogP contribution in [0.4, 0.5) is 0 Å². The Hall–Kier alpha value is -1.39. The van der Waals surface area contributed by atoms with Gasteiger partial charge in [0, 0.05) is 31.8 Å². The molecule has 1 aromatic carbocycles. The molecule has 0 spiro atoms. The number of hydrogen-bond donors (Lipinski definition) is 1. The minimum atomic E-state index is 0.0634. The summed E-state index contributed by atoms with van der Waals surface area (Å²) in [6.07, 6.45) is 1.90. The van der Waals surface area contributed by atoms with Crippen LogP contribution in [0.3, 0.4) is 0 Å². The van der Waals surface area contributed by atoms with Crippen molar-refractivity contribution in [1.29, 1.82) is 0 Å². The number of hydrogen-bond acceptors (Lipinski definition) is 3. The van der Waals surface area contributed by atoms with Gasteiger partial charge in [0.15, 0.2) is 0 Å². The lowest BCUT2D eigenvalue weighted by atomic mass is 9.86. The number of methoxy groups -OCH3 is 1. The maximum absolute atomic E-state index is 12.8. The van der Waals surface area contributed by atoms with Crippen molar-refractivity contribution < 1.29 is 9.53 Å². The van der Waals surface area contributed by atoms with Crippen LogP contribution in [0, 0.1) is 0 Å². The highest BCUT2D eigenvalue weighted by molar-refractivity contribution is 5.94. The average molecular weight is 304 g/mol. The molecule has 4 nitrogen and oxygen atoms in total. The monoisotopic (exact) mass is 304 g/mol. The number of carbonyl (C=O) groups is 1. The van der Waals surface area contributed by atoms with Crippen molar-refractivity contribution >= 4 is 5.91 Å². The molecule has 1 fully saturated rings. The Labute approximate surface area is 133 Å². The van der Waals surface area contributed by atoms with Gasteiger partial charge in [0.2, 0.25) is 0 Å². The van der Waals surface area contributed by atoms with Crippen LogP contribution in [0.5, 0.6) is 0 Å². The van der Waals surface area contributed by atoms with Crippen LogP contribution < -0.4 is 5.73 Å². The minimum Gasteiger partial charge on any atom is -0.381 e. The molecule has 2 N–H and O–H groups in total. The molecule has 0 bridgehead atoms. The molecule has 0 aromatic heterocycles. The van der Waals surface area contributed by atoms with Crippen LogP contribution in [0.2, 0.25) is 0 Å². The molecule has 2 unspecified atom stereocenters. The Morgan fingerprint density at radius 2 is 1.95 bits per heavy atom. The van der Waals surface area contributed by atoms with Gasteiger partial charge in [0.05, 0.1) is 6.10 Å². The predicted octanol–water partition coefficient (Wildman–Crippen LogP) is 2.56. The largest absolute Gasteiger partial charge is 0.381 e. The van der Waals surface area contributed by atoms with E-state index in [1.54, 1.807) is 7.11 Å². The van der Waals surface area contributed by atoms with Gasteiger partial charge in [-0.15, -0.1) is 0 Å². The van der Waals surface area contributed by atoms with E-state index in [4.69, 9.17) is 10.5 Å². The Balaban J connectivity index is 2.13. The van der Waals surface area contributed by atoms with Crippen LogP contribution in [0.1, 0.15) is 49.5 Å². The summed E-state index contributed by atoms with van der Waals surface area (Å²) in [5.74, 6) is 0.0745. The number of amides is 1. The summed E-state index contributed by atoms with van der Waals surface area (Å²) in [5.41, 5.74) is 7.93. The standard InChI is InChI=1S/C18H28N2O2/c1-18(2,3)14-7-5-13(6-8-14)17(21)20-10-9-16(22-4)11-15(20)12-19/h5-8,15-16H,9-12,19H2,1-4H3. The van der Waals surface area contributed by atoms with Gasteiger partial charge in [-0.1, -0.05) is 32.9 Å². The van der Waals surface area contributed by atoms with Gasteiger partial charge < -0.3 is 15.4 Å². The number of nitrogens with zero attached hydrogens (tertiary/aromatic N) is 1. The second-order valence-corrected chi connectivity index (χ2v) is 7.10. The summed E-state index contributed by atoms with van der Waals surface area (Å²) in [6, 6.07) is 8.02. The van der Waals surface area contributed by atoms with Gasteiger partial charge in [-0.05, 0) is 36.0 Å². The Kier molecular flexibility index (Phi) is 5.24. The van der Waals surface area contributed by atoms with Gasteiger partial charge >= 0.3 is 0 Å². The van der Waals surface area contributed by atoms with Gasteiger partial charge in [-0.2, -0.15) is 0 Å². The van der Waals surface area contributed by atoms with Gasteiger partial charge in [0.1, 0.15) is 0 Å². The van der Waals surface area contributed by atoms with Crippen molar-refractivity contribution in [3.63, 3.8) is 0 Å². The van der Waals surface area contributed by atoms with E-state index < -0.39 is 0 Å². The molecule has 0 aliphatic carbocycles. The van der Waals surface area contributed by atoms with Crippen LogP contribution >= 0.6 is 0 Å². The third-order valence-corrected chi connectivity index (χ3v) is 4.53. The zero-order valence-corrected chi connectivity index (χ0v) is 14.1. The number of ether oxygens (including phenoxy) is 1. The molecule has 0 saturated carbocycles. The number of benzene rings is 1. The number of carbonyl (C=O) groups excluding carboxylic acids is 1. The van der Waals surface area contributed by atoms with Crippen molar-refractivity contribution in [3.05, 3.63) is 35.4 Å². The SMILES string of the molecule is COC1CCN(C(=O)c2ccc(C(C)(C)C)cc2)C(CN)C1. The van der Waals surface area contributed by atoms with E-state index in [0.29, 0.717) is 13.1 Å². The molecule has 2 atom stereocenters. The third-order valence-electron chi connectivity index (χ3n) is 4.53. The molecule has 1 heterocycles. The fourth-order valence-electron chi connectivity index (χ4n) is 3.00. The Bertz CT molecular complexity index is 505. The summed E-state index contributed by atoms with van der Waals surface area (Å²) >= 11 is 0. The zero-order chi connectivity index (χ0) is 16.3. The molecule has 2 rings (SSSR count). The molecule has 1 aliphatic rings. The van der Waals surface area contributed by atoms with E-state index in [1.165, 1.54) is 5.56 Å². The summed E-state index contributed by atoms with van der Waals surface area (Å²) in [6.45, 7) is 7.70. The topological polar surface area (TPSA) is 55.6 Å². The van der Waals surface area contributed by atoms with E-state index >= 15 is 0 Å². The Morgan fingerprint density at radius 3 is 2.45 bits per heavy atom. The van der Waals surface area contributed by atoms with Crippen molar-refractivity contribution in [1.82, 2.24) is 4.90 Å². The van der Waals surface area contributed by atoms with E-state index in [0.717, 1.165) is 18.4 Å². The van der Waals surface area contributed by atoms with E-state index in [-0.39, 0.29) is 23.5 Å². The van der Waals surface area contributed by atoms with E-state index in [2.05, 4.69) is 20.8 Å². The molecule has 1 saturated heterocycles. The zero-order valence-electron chi connectivity index (χ0n) is 14.1. The first kappa shape index (κ1) is 17.0. The fraction of sp³-hybridized carbons (Fsp3) is 0.611. The van der Waals surface area contributed by atoms with E-state index in [9.17, 15) is 4.79 Å². The quantitative estimate of drug-likeness (QED) is 0.933. The molecule has 22 heavy (non-hydrogen) atoms. The summed E-state index contributed by atoms with van der Waals surface area (Å²) in [7, 11) is 1.72. The molecule has 4 heteroatoms. The van der Waals surface area contributed by atoms with Crippen LogP contribution in [-0.2, 0) is 10.2 Å². The molecular formula is C18H28N2O2. The average Bonchev–Trinajstić information content (AvgIpc) is 2.52. The third kappa shape index (κ3) is 3.68. The second-order valence-electron chi connectivity index (χ2n) is 7.10. The molecular weight excluding hydrogens is 276 g/mol. The first-order valence-electron chi connectivity index (χ1n) is 8.01. The highest BCUT2D eigenvalue weighted by atomic mass is 16.5. The van der Waals surface area contributed by atoms with Crippen molar-refractivity contribution in [2.24, 2.45) is 5.73 Å². The lowest BCUT2D eigenvalue weighted by molar-refractivity contribution is 0.0139. The van der Waals surface area contributed by atoms with Gasteiger partial charge in [0.25, 0.3) is 5.91 Å². The highest BCUT2D eigenvalue weighted by Crippen LogP contribution is 2.24. The lowest BCUT2D eigenvalue weighted by Gasteiger charge is -2.38.